The van der Waals surface area contributed by atoms with E-state index in [1.807, 2.05) is 54.6 Å². The minimum atomic E-state index is 0.636. The first-order chi connectivity index (χ1) is 65.3. The van der Waals surface area contributed by atoms with Crippen LogP contribution in [0.2, 0.25) is 0 Å². The van der Waals surface area contributed by atoms with Crippen molar-refractivity contribution in [3.05, 3.63) is 501 Å². The van der Waals surface area contributed by atoms with Crippen molar-refractivity contribution in [3.63, 3.8) is 0 Å². The van der Waals surface area contributed by atoms with Crippen molar-refractivity contribution in [1.29, 1.82) is 0 Å². The predicted molar refractivity (Wildman–Crippen MR) is 551 cm³/mol. The van der Waals surface area contributed by atoms with Crippen LogP contribution in [0.5, 0.6) is 0 Å². The summed E-state index contributed by atoms with van der Waals surface area (Å²) in [6.45, 7) is 22.9. The largest absolute Gasteiger partial charge is 0.311 e. The summed E-state index contributed by atoms with van der Waals surface area (Å²) in [6, 6.07) is 165. The molecule has 6 aromatic heterocycles. The lowest BCUT2D eigenvalue weighted by atomic mass is 10.0. The van der Waals surface area contributed by atoms with Gasteiger partial charge in [0.05, 0.1) is 69.4 Å². The molecule has 0 bridgehead atoms. The zero-order chi connectivity index (χ0) is 87.9. The second-order valence-corrected chi connectivity index (χ2v) is 33.6. The second-order valence-electron chi connectivity index (χ2n) is 33.6. The van der Waals surface area contributed by atoms with Gasteiger partial charge in [0.25, 0.3) is 0 Å². The van der Waals surface area contributed by atoms with E-state index in [0.29, 0.717) is 17.1 Å². The van der Waals surface area contributed by atoms with Crippen LogP contribution >= 0.6 is 0 Å². The van der Waals surface area contributed by atoms with Crippen LogP contribution in [0.15, 0.2) is 467 Å². The Morgan fingerprint density at radius 3 is 0.621 bits per heavy atom. The van der Waals surface area contributed by atoms with Gasteiger partial charge in [-0.25, -0.2) is 14.5 Å². The maximum atomic E-state index is 7.69. The van der Waals surface area contributed by atoms with Gasteiger partial charge >= 0.3 is 0 Å². The van der Waals surface area contributed by atoms with Gasteiger partial charge in [-0.1, -0.05) is 303 Å². The fourth-order valence-corrected chi connectivity index (χ4v) is 20.1. The Balaban J connectivity index is 0.000000110. The lowest BCUT2D eigenvalue weighted by Crippen LogP contribution is -1.94. The predicted octanol–water partition coefficient (Wildman–Crippen LogP) is 33.6. The molecular formula is C123H77N9. The van der Waals surface area contributed by atoms with E-state index in [-0.39, 0.29) is 0 Å². The Labute approximate surface area is 761 Å². The average molecular weight is 1680 g/mol. The number of aromatic nitrogens is 6. The summed E-state index contributed by atoms with van der Waals surface area (Å²) in [4.78, 5) is 11.2. The number of nitrogens with zero attached hydrogens (tertiary/aromatic N) is 9. The molecule has 0 atom stereocenters. The van der Waals surface area contributed by atoms with Crippen molar-refractivity contribution in [2.24, 2.45) is 0 Å². The third kappa shape index (κ3) is 13.2. The molecule has 0 N–H and O–H groups in total. The highest BCUT2D eigenvalue weighted by Crippen LogP contribution is 2.45. The molecule has 0 aliphatic rings. The Bertz CT molecular complexity index is 9040. The SMILES string of the molecule is [C-]#[N+]c1ccc2c3cc(-c4ccc(-n5c6ccccc6c6ccccc65)cc4)ccc3n(-c3ccc(-c4ccccc4)cc3)c2c1.[C-]#[N+]c1ccc2c3cc(-c4ccc(-n5c6ccccc6c6ccccc65)cc4)ccc3n(-c3cccc(-c4ccccc4)c3)c2c1.[C-]#[N+]c1ccc2c3cc(-c4ccc(-n5c6ccccc6c6ccccc65)cc4)ccc3n(-c3ccccc3)c2c1. The summed E-state index contributed by atoms with van der Waals surface area (Å²) < 4.78 is 13.9. The van der Waals surface area contributed by atoms with Gasteiger partial charge < -0.3 is 27.4 Å². The molecule has 0 fully saturated rings. The molecule has 0 aliphatic heterocycles. The molecule has 20 aromatic carbocycles. The van der Waals surface area contributed by atoms with Crippen LogP contribution in [0.25, 0.3) is 235 Å². The van der Waals surface area contributed by atoms with Crippen molar-refractivity contribution in [2.45, 2.75) is 0 Å². The van der Waals surface area contributed by atoms with E-state index >= 15 is 0 Å². The average Bonchev–Trinajstić information content (AvgIpc) is 1.59. The number of hydrogen-bond donors (Lipinski definition) is 0. The van der Waals surface area contributed by atoms with Crippen LogP contribution in [0.4, 0.5) is 17.1 Å². The van der Waals surface area contributed by atoms with Gasteiger partial charge in [-0.3, -0.25) is 0 Å². The van der Waals surface area contributed by atoms with Gasteiger partial charge in [-0.15, -0.1) is 0 Å². The van der Waals surface area contributed by atoms with Crippen LogP contribution < -0.4 is 0 Å². The van der Waals surface area contributed by atoms with Gasteiger partial charge in [-0.2, -0.15) is 0 Å². The zero-order valence-corrected chi connectivity index (χ0v) is 71.5. The molecular weight excluding hydrogens is 1600 g/mol. The van der Waals surface area contributed by atoms with Crippen molar-refractivity contribution in [3.8, 4) is 89.8 Å². The summed E-state index contributed by atoms with van der Waals surface area (Å²) in [6.07, 6.45) is 0. The Morgan fingerprint density at radius 1 is 0.121 bits per heavy atom. The number of para-hydroxylation sites is 7. The van der Waals surface area contributed by atoms with E-state index in [1.54, 1.807) is 0 Å². The highest BCUT2D eigenvalue weighted by molar-refractivity contribution is 6.16. The standard InChI is InChI=1S/2C43H27N3.C37H23N3/c1-44-33-21-24-38-39-27-32(20-25-42(39)46(43(38)28-33)35-13-9-12-31(26-35)29-10-3-2-4-11-29)30-18-22-34(23-19-30)45-40-16-7-5-14-36(40)37-15-6-8-17-41(37)45;1-44-33-20-25-38-39-27-32(19-26-42(39)46(43(38)28-33)35-21-15-30(16-22-35)29-9-3-2-4-10-29)31-17-23-34(24-18-31)45-40-13-7-5-11-36(40)37-12-6-8-14-41(37)45;1-38-27-18-21-32-33-23-26(17-22-36(33)40(37(32)24-27)28-9-3-2-4-10-28)25-15-19-29(20-16-25)39-34-13-7-5-11-30(34)31-12-6-8-14-35(31)39/h2*2-28H;2-24H. The number of hydrogen-bond acceptors (Lipinski definition) is 0. The van der Waals surface area contributed by atoms with Crippen molar-refractivity contribution < 1.29 is 0 Å². The number of rotatable bonds is 11. The first-order valence-electron chi connectivity index (χ1n) is 44.3. The smallest absolute Gasteiger partial charge is 0.189 e. The topological polar surface area (TPSA) is 42.7 Å². The van der Waals surface area contributed by atoms with Crippen molar-refractivity contribution in [2.75, 3.05) is 0 Å². The summed E-state index contributed by atoms with van der Waals surface area (Å²) in [5.74, 6) is 0. The normalized spacial score (nSPS) is 11.5. The van der Waals surface area contributed by atoms with E-state index in [9.17, 15) is 0 Å². The highest BCUT2D eigenvalue weighted by Gasteiger charge is 2.22. The Hall–Kier alpha value is -18.3. The third-order valence-corrected chi connectivity index (χ3v) is 26.2. The molecule has 0 saturated carbocycles. The number of benzene rings is 20. The van der Waals surface area contributed by atoms with Gasteiger partial charge in [0.15, 0.2) is 17.1 Å². The van der Waals surface area contributed by atoms with E-state index < -0.39 is 0 Å². The molecule has 0 aliphatic carbocycles. The molecule has 0 radical (unpaired) electrons. The van der Waals surface area contributed by atoms with E-state index in [2.05, 4.69) is 454 Å². The fourth-order valence-electron chi connectivity index (χ4n) is 20.1. The molecule has 0 amide bonds. The molecule has 0 unspecified atom stereocenters. The van der Waals surface area contributed by atoms with Gasteiger partial charge in [0.2, 0.25) is 0 Å². The summed E-state index contributed by atoms with van der Waals surface area (Å²) in [5.41, 5.74) is 34.1. The van der Waals surface area contributed by atoms with Crippen LogP contribution in [0.1, 0.15) is 0 Å². The summed E-state index contributed by atoms with van der Waals surface area (Å²) in [5, 5.41) is 14.5. The van der Waals surface area contributed by atoms with Crippen LogP contribution in [0.3, 0.4) is 0 Å². The van der Waals surface area contributed by atoms with E-state index in [4.69, 9.17) is 19.7 Å². The quantitative estimate of drug-likeness (QED) is 0.116. The molecule has 26 rings (SSSR count). The molecule has 614 valence electrons. The maximum absolute atomic E-state index is 7.69. The molecule has 6 heterocycles. The summed E-state index contributed by atoms with van der Waals surface area (Å²) >= 11 is 0. The van der Waals surface area contributed by atoms with Gasteiger partial charge in [-0.05, 0) is 219 Å². The lowest BCUT2D eigenvalue weighted by molar-refractivity contribution is 1.18. The van der Waals surface area contributed by atoms with Gasteiger partial charge in [0, 0.05) is 115 Å². The monoisotopic (exact) mass is 1680 g/mol. The van der Waals surface area contributed by atoms with Crippen LogP contribution in [0, 0.1) is 19.7 Å². The lowest BCUT2D eigenvalue weighted by Gasteiger charge is -2.11. The fraction of sp³-hybridized carbons (Fsp3) is 0. The summed E-state index contributed by atoms with van der Waals surface area (Å²) in [7, 11) is 0. The Kier molecular flexibility index (Phi) is 18.9. The van der Waals surface area contributed by atoms with Crippen LogP contribution in [-0.4, -0.2) is 27.4 Å². The number of fused-ring (bicyclic) bond motifs is 18. The zero-order valence-electron chi connectivity index (χ0n) is 71.5. The Morgan fingerprint density at radius 2 is 0.318 bits per heavy atom. The molecule has 0 spiro atoms. The molecule has 0 saturated heterocycles. The van der Waals surface area contributed by atoms with Gasteiger partial charge in [0.1, 0.15) is 0 Å². The molecule has 9 heteroatoms. The molecule has 26 aromatic rings. The minimum absolute atomic E-state index is 0.636. The first-order valence-corrected chi connectivity index (χ1v) is 44.3. The van der Waals surface area contributed by atoms with Crippen molar-refractivity contribution in [1.82, 2.24) is 27.4 Å². The maximum Gasteiger partial charge on any atom is 0.189 e. The molecule has 132 heavy (non-hydrogen) atoms. The minimum Gasteiger partial charge on any atom is -0.311 e. The second kappa shape index (κ2) is 32.3. The van der Waals surface area contributed by atoms with E-state index in [0.717, 1.165) is 111 Å². The third-order valence-electron chi connectivity index (χ3n) is 26.2. The van der Waals surface area contributed by atoms with E-state index in [1.165, 1.54) is 109 Å². The van der Waals surface area contributed by atoms with Crippen molar-refractivity contribution >= 4 is 148 Å². The highest BCUT2D eigenvalue weighted by atomic mass is 15.0. The first kappa shape index (κ1) is 77.3. The molecule has 9 nitrogen and oxygen atoms in total. The van der Waals surface area contributed by atoms with Crippen LogP contribution in [-0.2, 0) is 0 Å².